The smallest absolute Gasteiger partial charge is 0.349 e. The highest BCUT2D eigenvalue weighted by Gasteiger charge is 2.30. The Balaban J connectivity index is 1.89. The first-order chi connectivity index (χ1) is 10.4. The number of hydrogen-bond acceptors (Lipinski definition) is 4. The van der Waals surface area contributed by atoms with Gasteiger partial charge in [-0.15, -0.1) is 11.3 Å². The largest absolute Gasteiger partial charge is 0.448 e. The third kappa shape index (κ3) is 3.88. The average Bonchev–Trinajstić information content (AvgIpc) is 2.90. The summed E-state index contributed by atoms with van der Waals surface area (Å²) in [4.78, 5) is 24.9. The van der Waals surface area contributed by atoms with Crippen molar-refractivity contribution in [3.05, 3.63) is 21.9 Å². The van der Waals surface area contributed by atoms with Crippen LogP contribution < -0.4 is 5.32 Å². The van der Waals surface area contributed by atoms with Crippen LogP contribution in [0.15, 0.2) is 11.4 Å². The average molecular weight is 323 g/mol. The Kier molecular flexibility index (Phi) is 5.62. The minimum Gasteiger partial charge on any atom is -0.448 e. The summed E-state index contributed by atoms with van der Waals surface area (Å²) in [6.07, 6.45) is 2.59. The second kappa shape index (κ2) is 7.27. The lowest BCUT2D eigenvalue weighted by molar-refractivity contribution is -0.130. The second-order valence-electron chi connectivity index (χ2n) is 6.36. The van der Waals surface area contributed by atoms with Gasteiger partial charge in [0.05, 0.1) is 0 Å². The number of hydrogen-bond donors (Lipinski definition) is 1. The van der Waals surface area contributed by atoms with Crippen molar-refractivity contribution in [1.29, 1.82) is 0 Å². The first-order valence-corrected chi connectivity index (χ1v) is 8.83. The van der Waals surface area contributed by atoms with Crippen LogP contribution in [0.2, 0.25) is 0 Å². The zero-order chi connectivity index (χ0) is 16.3. The molecule has 122 valence electrons. The summed E-state index contributed by atoms with van der Waals surface area (Å²) in [5.41, 5.74) is 0.886. The van der Waals surface area contributed by atoms with E-state index in [1.165, 1.54) is 17.8 Å². The van der Waals surface area contributed by atoms with Crippen molar-refractivity contribution in [3.8, 4) is 0 Å². The molecule has 0 aliphatic heterocycles. The molecule has 1 heterocycles. The van der Waals surface area contributed by atoms with Crippen molar-refractivity contribution in [3.63, 3.8) is 0 Å². The van der Waals surface area contributed by atoms with Gasteiger partial charge in [0.2, 0.25) is 0 Å². The number of thiophene rings is 1. The molecule has 1 amide bonds. The van der Waals surface area contributed by atoms with Crippen LogP contribution in [0.1, 0.15) is 55.3 Å². The highest BCUT2D eigenvalue weighted by molar-refractivity contribution is 7.12. The SMILES string of the molecule is Cc1ccsc1C(=O)O[C@H](C)C(=O)N[C@@H]1CCC[C@H](C)[C@@H]1C. The van der Waals surface area contributed by atoms with Gasteiger partial charge in [-0.25, -0.2) is 4.79 Å². The van der Waals surface area contributed by atoms with Gasteiger partial charge >= 0.3 is 5.97 Å². The molecule has 4 atom stereocenters. The predicted octanol–water partition coefficient (Wildman–Crippen LogP) is 3.54. The molecule has 0 radical (unpaired) electrons. The van der Waals surface area contributed by atoms with Gasteiger partial charge in [0.15, 0.2) is 6.10 Å². The maximum absolute atomic E-state index is 12.3. The quantitative estimate of drug-likeness (QED) is 0.862. The highest BCUT2D eigenvalue weighted by Crippen LogP contribution is 2.29. The molecule has 1 aromatic rings. The number of rotatable bonds is 4. The van der Waals surface area contributed by atoms with E-state index in [9.17, 15) is 9.59 Å². The van der Waals surface area contributed by atoms with E-state index in [1.807, 2.05) is 18.4 Å². The number of carbonyl (C=O) groups excluding carboxylic acids is 2. The molecule has 0 aromatic carbocycles. The Morgan fingerprint density at radius 1 is 1.36 bits per heavy atom. The van der Waals surface area contributed by atoms with Gasteiger partial charge in [-0.3, -0.25) is 4.79 Å². The van der Waals surface area contributed by atoms with Crippen LogP contribution in [0.5, 0.6) is 0 Å². The number of nitrogens with one attached hydrogen (secondary N) is 1. The molecular weight excluding hydrogens is 298 g/mol. The molecule has 4 nitrogen and oxygen atoms in total. The molecule has 1 saturated carbocycles. The summed E-state index contributed by atoms with van der Waals surface area (Å²) in [6, 6.07) is 2.05. The van der Waals surface area contributed by atoms with E-state index in [2.05, 4.69) is 19.2 Å². The van der Waals surface area contributed by atoms with Gasteiger partial charge < -0.3 is 10.1 Å². The third-order valence-electron chi connectivity index (χ3n) is 4.74. The molecular formula is C17H25NO3S. The van der Waals surface area contributed by atoms with Crippen LogP contribution >= 0.6 is 11.3 Å². The maximum atomic E-state index is 12.3. The van der Waals surface area contributed by atoms with Gasteiger partial charge in [0, 0.05) is 6.04 Å². The van der Waals surface area contributed by atoms with Gasteiger partial charge in [0.25, 0.3) is 5.91 Å². The molecule has 1 aliphatic carbocycles. The lowest BCUT2D eigenvalue weighted by atomic mass is 9.78. The van der Waals surface area contributed by atoms with E-state index in [-0.39, 0.29) is 11.9 Å². The third-order valence-corrected chi connectivity index (χ3v) is 5.73. The molecule has 1 aliphatic rings. The van der Waals surface area contributed by atoms with Gasteiger partial charge in [0.1, 0.15) is 4.88 Å². The zero-order valence-corrected chi connectivity index (χ0v) is 14.5. The van der Waals surface area contributed by atoms with E-state index < -0.39 is 12.1 Å². The van der Waals surface area contributed by atoms with Gasteiger partial charge in [-0.05, 0) is 49.1 Å². The summed E-state index contributed by atoms with van der Waals surface area (Å²) >= 11 is 1.34. The Morgan fingerprint density at radius 3 is 2.73 bits per heavy atom. The van der Waals surface area contributed by atoms with E-state index in [0.29, 0.717) is 16.7 Å². The summed E-state index contributed by atoms with van der Waals surface area (Å²) in [6.45, 7) is 7.91. The van der Waals surface area contributed by atoms with E-state index in [0.717, 1.165) is 18.4 Å². The van der Waals surface area contributed by atoms with E-state index >= 15 is 0 Å². The first-order valence-electron chi connectivity index (χ1n) is 7.95. The molecule has 0 spiro atoms. The van der Waals surface area contributed by atoms with Crippen LogP contribution in [0.25, 0.3) is 0 Å². The fraction of sp³-hybridized carbons (Fsp3) is 0.647. The minimum atomic E-state index is -0.765. The fourth-order valence-electron chi connectivity index (χ4n) is 2.94. The molecule has 0 unspecified atom stereocenters. The lowest BCUT2D eigenvalue weighted by Crippen LogP contribution is -2.47. The monoisotopic (exact) mass is 323 g/mol. The predicted molar refractivity (Wildman–Crippen MR) is 88.0 cm³/mol. The zero-order valence-electron chi connectivity index (χ0n) is 13.7. The molecule has 2 rings (SSSR count). The normalized spacial score (nSPS) is 26.3. The van der Waals surface area contributed by atoms with Crippen LogP contribution in [-0.4, -0.2) is 24.0 Å². The molecule has 1 aromatic heterocycles. The highest BCUT2D eigenvalue weighted by atomic mass is 32.1. The number of aryl methyl sites for hydroxylation is 1. The summed E-state index contributed by atoms with van der Waals surface area (Å²) < 4.78 is 5.30. The molecule has 22 heavy (non-hydrogen) atoms. The number of esters is 1. The van der Waals surface area contributed by atoms with Crippen LogP contribution in [0.3, 0.4) is 0 Å². The Labute approximate surface area is 136 Å². The van der Waals surface area contributed by atoms with E-state index in [4.69, 9.17) is 4.74 Å². The molecule has 0 saturated heterocycles. The number of ether oxygens (including phenoxy) is 1. The maximum Gasteiger partial charge on any atom is 0.349 e. The van der Waals surface area contributed by atoms with Crippen molar-refractivity contribution in [1.82, 2.24) is 5.32 Å². The fourth-order valence-corrected chi connectivity index (χ4v) is 3.74. The second-order valence-corrected chi connectivity index (χ2v) is 7.28. The summed E-state index contributed by atoms with van der Waals surface area (Å²) in [5.74, 6) is 0.458. The van der Waals surface area contributed by atoms with Crippen LogP contribution in [0.4, 0.5) is 0 Å². The molecule has 0 bridgehead atoms. The lowest BCUT2D eigenvalue weighted by Gasteiger charge is -2.35. The number of carbonyl (C=O) groups is 2. The Morgan fingerprint density at radius 2 is 2.09 bits per heavy atom. The number of amides is 1. The molecule has 1 fully saturated rings. The topological polar surface area (TPSA) is 55.4 Å². The van der Waals surface area contributed by atoms with Crippen molar-refractivity contribution in [2.75, 3.05) is 0 Å². The standard InChI is InChI=1S/C17H25NO3S/c1-10-6-5-7-14(12(10)3)18-16(19)13(4)21-17(20)15-11(2)8-9-22-15/h8-10,12-14H,5-7H2,1-4H3,(H,18,19)/t10-,12-,13+,14+/m0/s1. The van der Waals surface area contributed by atoms with Crippen molar-refractivity contribution < 1.29 is 14.3 Å². The van der Waals surface area contributed by atoms with Crippen molar-refractivity contribution in [2.24, 2.45) is 11.8 Å². The Bertz CT molecular complexity index is 540. The van der Waals surface area contributed by atoms with Gasteiger partial charge in [-0.2, -0.15) is 0 Å². The summed E-state index contributed by atoms with van der Waals surface area (Å²) in [7, 11) is 0. The molecule has 5 heteroatoms. The first kappa shape index (κ1) is 17.0. The minimum absolute atomic E-state index is 0.181. The summed E-state index contributed by atoms with van der Waals surface area (Å²) in [5, 5.41) is 4.90. The Hall–Kier alpha value is -1.36. The van der Waals surface area contributed by atoms with Crippen molar-refractivity contribution in [2.45, 2.75) is 59.1 Å². The van der Waals surface area contributed by atoms with Gasteiger partial charge in [-0.1, -0.05) is 26.7 Å². The van der Waals surface area contributed by atoms with Crippen molar-refractivity contribution >= 4 is 23.2 Å². The van der Waals surface area contributed by atoms with Crippen LogP contribution in [-0.2, 0) is 9.53 Å². The van der Waals surface area contributed by atoms with E-state index in [1.54, 1.807) is 6.92 Å². The van der Waals surface area contributed by atoms with Crippen LogP contribution in [0, 0.1) is 18.8 Å². The molecule has 1 N–H and O–H groups in total.